The number of aryl methyl sites for hydroxylation is 3. The van der Waals surface area contributed by atoms with Crippen LogP contribution in [0.25, 0.3) is 21.9 Å². The van der Waals surface area contributed by atoms with Crippen molar-refractivity contribution < 1.29 is 13.6 Å². The third-order valence-electron chi connectivity index (χ3n) is 5.10. The lowest BCUT2D eigenvalue weighted by atomic mass is 9.94. The minimum atomic E-state index is -0.343. The van der Waals surface area contributed by atoms with Gasteiger partial charge in [0.1, 0.15) is 22.7 Å². The van der Waals surface area contributed by atoms with Crippen molar-refractivity contribution in [2.75, 3.05) is 27.2 Å². The molecule has 0 amide bonds. The van der Waals surface area contributed by atoms with Crippen molar-refractivity contribution in [3.63, 3.8) is 0 Å². The van der Waals surface area contributed by atoms with E-state index < -0.39 is 0 Å². The van der Waals surface area contributed by atoms with Crippen molar-refractivity contribution in [3.8, 4) is 5.75 Å². The molecule has 0 radical (unpaired) electrons. The monoisotopic (exact) mass is 355 g/mol. The fourth-order valence-corrected chi connectivity index (χ4v) is 3.91. The molecule has 5 nitrogen and oxygen atoms in total. The van der Waals surface area contributed by atoms with Gasteiger partial charge >= 0.3 is 5.63 Å². The average Bonchev–Trinajstić information content (AvgIpc) is 2.95. The molecule has 1 aliphatic rings. The molecule has 26 heavy (non-hydrogen) atoms. The molecule has 1 aliphatic carbocycles. The van der Waals surface area contributed by atoms with Gasteiger partial charge in [-0.05, 0) is 52.3 Å². The zero-order valence-electron chi connectivity index (χ0n) is 15.7. The summed E-state index contributed by atoms with van der Waals surface area (Å²) in [5.74, 6) is 1.86. The molecule has 0 fully saturated rings. The van der Waals surface area contributed by atoms with Crippen LogP contribution in [0.3, 0.4) is 0 Å². The van der Waals surface area contributed by atoms with E-state index in [-0.39, 0.29) is 5.63 Å². The molecule has 0 N–H and O–H groups in total. The van der Waals surface area contributed by atoms with Crippen LogP contribution in [-0.2, 0) is 12.8 Å². The van der Waals surface area contributed by atoms with E-state index in [0.29, 0.717) is 12.2 Å². The van der Waals surface area contributed by atoms with E-state index in [1.807, 2.05) is 13.0 Å². The fraction of sp³-hybridized carbons (Fsp3) is 0.476. The van der Waals surface area contributed by atoms with Crippen molar-refractivity contribution >= 4 is 21.9 Å². The lowest BCUT2D eigenvalue weighted by Gasteiger charge is -2.15. The molecule has 3 aromatic rings. The molecule has 0 spiro atoms. The fourth-order valence-electron chi connectivity index (χ4n) is 3.91. The highest BCUT2D eigenvalue weighted by atomic mass is 16.5. The number of fused-ring (bicyclic) bond motifs is 4. The smallest absolute Gasteiger partial charge is 0.336 e. The molecule has 0 unspecified atom stereocenters. The maximum absolute atomic E-state index is 11.8. The van der Waals surface area contributed by atoms with E-state index in [1.54, 1.807) is 0 Å². The number of rotatable bonds is 5. The Morgan fingerprint density at radius 3 is 2.65 bits per heavy atom. The summed E-state index contributed by atoms with van der Waals surface area (Å²) < 4.78 is 17.9. The van der Waals surface area contributed by atoms with Crippen LogP contribution in [0.4, 0.5) is 0 Å². The topological polar surface area (TPSA) is 55.8 Å². The van der Waals surface area contributed by atoms with Gasteiger partial charge in [-0.3, -0.25) is 0 Å². The highest BCUT2D eigenvalue weighted by molar-refractivity contribution is 6.04. The quantitative estimate of drug-likeness (QED) is 0.510. The zero-order valence-corrected chi connectivity index (χ0v) is 15.7. The van der Waals surface area contributed by atoms with Crippen LogP contribution in [0, 0.1) is 6.92 Å². The van der Waals surface area contributed by atoms with E-state index in [4.69, 9.17) is 13.6 Å². The van der Waals surface area contributed by atoms with Crippen molar-refractivity contribution in [1.82, 2.24) is 4.90 Å². The first-order valence-corrected chi connectivity index (χ1v) is 9.34. The van der Waals surface area contributed by atoms with E-state index in [2.05, 4.69) is 19.0 Å². The molecule has 2 aromatic heterocycles. The van der Waals surface area contributed by atoms with Gasteiger partial charge in [-0.15, -0.1) is 0 Å². The van der Waals surface area contributed by atoms with Gasteiger partial charge in [0, 0.05) is 30.7 Å². The van der Waals surface area contributed by atoms with Gasteiger partial charge in [0.05, 0.1) is 17.4 Å². The summed E-state index contributed by atoms with van der Waals surface area (Å²) in [4.78, 5) is 14.0. The van der Waals surface area contributed by atoms with Gasteiger partial charge in [-0.2, -0.15) is 0 Å². The second-order valence-corrected chi connectivity index (χ2v) is 7.42. The van der Waals surface area contributed by atoms with E-state index >= 15 is 0 Å². The van der Waals surface area contributed by atoms with Crippen molar-refractivity contribution in [1.29, 1.82) is 0 Å². The predicted molar refractivity (Wildman–Crippen MR) is 102 cm³/mol. The Morgan fingerprint density at radius 1 is 1.08 bits per heavy atom. The highest BCUT2D eigenvalue weighted by Crippen LogP contribution is 2.42. The molecule has 0 saturated carbocycles. The third kappa shape index (κ3) is 3.01. The Labute approximate surface area is 152 Å². The minimum absolute atomic E-state index is 0.343. The Kier molecular flexibility index (Phi) is 4.49. The van der Waals surface area contributed by atoms with Gasteiger partial charge in [-0.1, -0.05) is 0 Å². The van der Waals surface area contributed by atoms with E-state index in [9.17, 15) is 4.79 Å². The van der Waals surface area contributed by atoms with Crippen LogP contribution in [0.1, 0.15) is 36.1 Å². The number of benzene rings is 1. The standard InChI is InChI=1S/C21H25NO4/c1-13-11-18(23)26-16-12-17-20(14-7-4-5-8-15(14)25-17)21(19(13)16)24-10-6-9-22(2)3/h11-12H,4-10H2,1-3H3. The van der Waals surface area contributed by atoms with Crippen molar-refractivity contribution in [3.05, 3.63) is 39.4 Å². The van der Waals surface area contributed by atoms with Gasteiger partial charge in [0.15, 0.2) is 0 Å². The third-order valence-corrected chi connectivity index (χ3v) is 5.10. The molecule has 0 bridgehead atoms. The molecular weight excluding hydrogens is 330 g/mol. The van der Waals surface area contributed by atoms with Gasteiger partial charge < -0.3 is 18.5 Å². The maximum Gasteiger partial charge on any atom is 0.336 e. The summed E-state index contributed by atoms with van der Waals surface area (Å²) in [7, 11) is 4.11. The first-order chi connectivity index (χ1) is 12.5. The Bertz CT molecular complexity index is 1010. The Balaban J connectivity index is 1.89. The molecule has 138 valence electrons. The first kappa shape index (κ1) is 17.2. The lowest BCUT2D eigenvalue weighted by Crippen LogP contribution is -2.15. The van der Waals surface area contributed by atoms with Crippen LogP contribution in [0.5, 0.6) is 5.75 Å². The summed E-state index contributed by atoms with van der Waals surface area (Å²) in [6, 6.07) is 3.39. The van der Waals surface area contributed by atoms with Gasteiger partial charge in [-0.25, -0.2) is 4.79 Å². The molecular formula is C21H25NO4. The van der Waals surface area contributed by atoms with Gasteiger partial charge in [0.25, 0.3) is 0 Å². The van der Waals surface area contributed by atoms with Crippen molar-refractivity contribution in [2.45, 2.75) is 39.0 Å². The number of nitrogens with zero attached hydrogens (tertiary/aromatic N) is 1. The normalized spacial score (nSPS) is 14.3. The first-order valence-electron chi connectivity index (χ1n) is 9.34. The van der Waals surface area contributed by atoms with Crippen LogP contribution >= 0.6 is 0 Å². The van der Waals surface area contributed by atoms with Crippen LogP contribution in [0.15, 0.2) is 25.8 Å². The summed E-state index contributed by atoms with van der Waals surface area (Å²) in [5.41, 5.74) is 3.11. The second-order valence-electron chi connectivity index (χ2n) is 7.42. The highest BCUT2D eigenvalue weighted by Gasteiger charge is 2.24. The average molecular weight is 355 g/mol. The summed E-state index contributed by atoms with van der Waals surface area (Å²) >= 11 is 0. The molecule has 0 saturated heterocycles. The molecule has 5 heteroatoms. The summed E-state index contributed by atoms with van der Waals surface area (Å²) in [6.45, 7) is 3.51. The number of furan rings is 1. The van der Waals surface area contributed by atoms with Crippen LogP contribution in [-0.4, -0.2) is 32.1 Å². The van der Waals surface area contributed by atoms with Crippen LogP contribution < -0.4 is 10.4 Å². The SMILES string of the molecule is Cc1cc(=O)oc2cc3oc4c(c3c(OCCCN(C)C)c12)CCCC4. The number of ether oxygens (including phenoxy) is 1. The van der Waals surface area contributed by atoms with Crippen molar-refractivity contribution in [2.24, 2.45) is 0 Å². The molecule has 0 aliphatic heterocycles. The predicted octanol–water partition coefficient (Wildman–Crippen LogP) is 4.06. The van der Waals surface area contributed by atoms with Crippen LogP contribution in [0.2, 0.25) is 0 Å². The Morgan fingerprint density at radius 2 is 1.85 bits per heavy atom. The second kappa shape index (κ2) is 6.80. The molecule has 2 heterocycles. The number of hydrogen-bond acceptors (Lipinski definition) is 5. The minimum Gasteiger partial charge on any atom is -0.492 e. The Hall–Kier alpha value is -2.27. The summed E-state index contributed by atoms with van der Waals surface area (Å²) in [5, 5.41) is 1.95. The molecule has 0 atom stereocenters. The number of hydrogen-bond donors (Lipinski definition) is 0. The maximum atomic E-state index is 11.8. The summed E-state index contributed by atoms with van der Waals surface area (Å²) in [6.07, 6.45) is 5.23. The molecule has 1 aromatic carbocycles. The zero-order chi connectivity index (χ0) is 18.3. The largest absolute Gasteiger partial charge is 0.492 e. The van der Waals surface area contributed by atoms with E-state index in [1.165, 1.54) is 18.1 Å². The van der Waals surface area contributed by atoms with E-state index in [0.717, 1.165) is 65.7 Å². The molecule has 4 rings (SSSR count). The lowest BCUT2D eigenvalue weighted by molar-refractivity contribution is 0.286. The van der Waals surface area contributed by atoms with Gasteiger partial charge in [0.2, 0.25) is 0 Å².